The van der Waals surface area contributed by atoms with Gasteiger partial charge in [-0.05, 0) is 105 Å². The summed E-state index contributed by atoms with van der Waals surface area (Å²) >= 11 is 0. The Morgan fingerprint density at radius 1 is 1.02 bits per heavy atom. The number of aliphatic hydroxyl groups excluding tert-OH is 4. The van der Waals surface area contributed by atoms with Crippen molar-refractivity contribution in [2.75, 3.05) is 13.2 Å². The van der Waals surface area contributed by atoms with Crippen molar-refractivity contribution in [3.05, 3.63) is 23.3 Å². The number of hydrogen-bond acceptors (Lipinski definition) is 7. The van der Waals surface area contributed by atoms with E-state index in [4.69, 9.17) is 9.47 Å². The number of piperidine rings is 1. The SMILES string of the molecule is C[C@H]1CC[C@@H]([C@@H](C)[C@]2(C)CC[C@@H]3C2=CC[C@H]2[C@H]3CC=C3C[C@@H](O[C@H]4O[C@@H](CO)[C@@H](O)[C@@H](O)[C@@H]4O)CC[C@@]32C)NC1. The zero-order valence-corrected chi connectivity index (χ0v) is 25.0. The van der Waals surface area contributed by atoms with E-state index in [1.54, 1.807) is 5.57 Å². The summed E-state index contributed by atoms with van der Waals surface area (Å²) in [5.41, 5.74) is 3.70. The van der Waals surface area contributed by atoms with E-state index in [2.05, 4.69) is 45.2 Å². The minimum Gasteiger partial charge on any atom is -0.394 e. The zero-order chi connectivity index (χ0) is 28.4. The number of fused-ring (bicyclic) bond motifs is 5. The standard InChI is InChI=1S/C33H53NO6/c1-18-5-10-26(34-16-18)19(2)32(3)14-12-23-22-7-6-20-15-21(11-13-33(20,4)25(22)9-8-24(23)32)39-31-30(38)29(37)28(36)27(17-35)40-31/h6,8,18-19,21-23,25-31,34-38H,5,7,9-17H2,1-4H3/t18-,19+,21-,22-,23-,25-,26-,27-,28+,29+,30-,31-,32-,33-/m0/s1. The van der Waals surface area contributed by atoms with Crippen LogP contribution >= 0.6 is 0 Å². The number of ether oxygens (including phenoxy) is 2. The smallest absolute Gasteiger partial charge is 0.186 e. The highest BCUT2D eigenvalue weighted by atomic mass is 16.7. The second-order valence-electron chi connectivity index (χ2n) is 14.8. The molecule has 2 saturated carbocycles. The molecule has 0 amide bonds. The first-order valence-electron chi connectivity index (χ1n) is 16.2. The van der Waals surface area contributed by atoms with Gasteiger partial charge in [-0.1, -0.05) is 51.0 Å². The summed E-state index contributed by atoms with van der Waals surface area (Å²) in [6.07, 6.45) is 9.25. The van der Waals surface area contributed by atoms with Gasteiger partial charge in [0.25, 0.3) is 0 Å². The molecule has 0 unspecified atom stereocenters. The lowest BCUT2D eigenvalue weighted by Gasteiger charge is -2.55. The molecular weight excluding hydrogens is 506 g/mol. The zero-order valence-electron chi connectivity index (χ0n) is 25.0. The van der Waals surface area contributed by atoms with Gasteiger partial charge < -0.3 is 35.2 Å². The van der Waals surface area contributed by atoms with Crippen molar-refractivity contribution in [1.29, 1.82) is 0 Å². The van der Waals surface area contributed by atoms with Gasteiger partial charge in [0.05, 0.1) is 12.7 Å². The second kappa shape index (κ2) is 11.0. The van der Waals surface area contributed by atoms with Crippen LogP contribution in [0.25, 0.3) is 0 Å². The summed E-state index contributed by atoms with van der Waals surface area (Å²) < 4.78 is 11.9. The fraction of sp³-hybridized carbons (Fsp3) is 0.879. The Kier molecular flexibility index (Phi) is 8.08. The predicted octanol–water partition coefficient (Wildman–Crippen LogP) is 3.69. The van der Waals surface area contributed by atoms with Gasteiger partial charge >= 0.3 is 0 Å². The van der Waals surface area contributed by atoms with Crippen LogP contribution in [-0.4, -0.2) is 76.4 Å². The number of rotatable bonds is 5. The lowest BCUT2D eigenvalue weighted by Crippen LogP contribution is -2.60. The molecule has 14 atom stereocenters. The van der Waals surface area contributed by atoms with E-state index in [1.165, 1.54) is 37.7 Å². The van der Waals surface area contributed by atoms with Crippen molar-refractivity contribution in [3.63, 3.8) is 0 Å². The summed E-state index contributed by atoms with van der Waals surface area (Å²) in [6.45, 7) is 10.6. The highest BCUT2D eigenvalue weighted by Crippen LogP contribution is 2.64. The molecule has 2 heterocycles. The molecular formula is C33H53NO6. The largest absolute Gasteiger partial charge is 0.394 e. The molecule has 0 aromatic rings. The van der Waals surface area contributed by atoms with Gasteiger partial charge in [-0.3, -0.25) is 0 Å². The molecule has 0 bridgehead atoms. The Morgan fingerprint density at radius 3 is 2.55 bits per heavy atom. The van der Waals surface area contributed by atoms with Gasteiger partial charge in [0.2, 0.25) is 0 Å². The molecule has 4 fully saturated rings. The van der Waals surface area contributed by atoms with Crippen LogP contribution in [-0.2, 0) is 9.47 Å². The molecule has 226 valence electrons. The number of aliphatic hydroxyl groups is 4. The number of nitrogens with one attached hydrogen (secondary N) is 1. The third-order valence-corrected chi connectivity index (χ3v) is 12.8. The van der Waals surface area contributed by atoms with Gasteiger partial charge in [-0.25, -0.2) is 0 Å². The van der Waals surface area contributed by atoms with E-state index in [9.17, 15) is 20.4 Å². The van der Waals surface area contributed by atoms with E-state index in [0.29, 0.717) is 35.1 Å². The summed E-state index contributed by atoms with van der Waals surface area (Å²) in [5.74, 6) is 3.52. The molecule has 7 heteroatoms. The van der Waals surface area contributed by atoms with Crippen LogP contribution in [0.4, 0.5) is 0 Å². The average Bonchev–Trinajstić information content (AvgIpc) is 3.31. The molecule has 2 saturated heterocycles. The van der Waals surface area contributed by atoms with Crippen molar-refractivity contribution >= 4 is 0 Å². The number of allylic oxidation sites excluding steroid dienone is 3. The fourth-order valence-corrected chi connectivity index (χ4v) is 9.87. The second-order valence-corrected chi connectivity index (χ2v) is 14.8. The quantitative estimate of drug-likeness (QED) is 0.327. The average molecular weight is 560 g/mol. The van der Waals surface area contributed by atoms with Crippen LogP contribution in [0, 0.1) is 40.4 Å². The normalized spacial score (nSPS) is 51.6. The third kappa shape index (κ3) is 4.76. The summed E-state index contributed by atoms with van der Waals surface area (Å²) in [4.78, 5) is 0. The minimum absolute atomic E-state index is 0.117. The molecule has 6 rings (SSSR count). The fourth-order valence-electron chi connectivity index (χ4n) is 9.87. The van der Waals surface area contributed by atoms with E-state index in [1.807, 2.05) is 0 Å². The molecule has 0 radical (unpaired) electrons. The first kappa shape index (κ1) is 29.3. The highest BCUT2D eigenvalue weighted by molar-refractivity contribution is 5.33. The highest BCUT2D eigenvalue weighted by Gasteiger charge is 2.56. The van der Waals surface area contributed by atoms with Gasteiger partial charge in [0, 0.05) is 6.04 Å². The maximum absolute atomic E-state index is 10.5. The Bertz CT molecular complexity index is 989. The summed E-state index contributed by atoms with van der Waals surface area (Å²) in [7, 11) is 0. The van der Waals surface area contributed by atoms with Crippen molar-refractivity contribution in [2.24, 2.45) is 40.4 Å². The predicted molar refractivity (Wildman–Crippen MR) is 153 cm³/mol. The van der Waals surface area contributed by atoms with E-state index >= 15 is 0 Å². The molecule has 7 nitrogen and oxygen atoms in total. The van der Waals surface area contributed by atoms with Crippen LogP contribution in [0.2, 0.25) is 0 Å². The molecule has 0 spiro atoms. The van der Waals surface area contributed by atoms with Gasteiger partial charge in [-0.2, -0.15) is 0 Å². The molecule has 0 aromatic heterocycles. The molecule has 6 aliphatic rings. The Morgan fingerprint density at radius 2 is 1.82 bits per heavy atom. The third-order valence-electron chi connectivity index (χ3n) is 12.8. The van der Waals surface area contributed by atoms with Crippen LogP contribution in [0.1, 0.15) is 85.5 Å². The van der Waals surface area contributed by atoms with Gasteiger partial charge in [0.15, 0.2) is 6.29 Å². The summed E-state index contributed by atoms with van der Waals surface area (Å²) in [6, 6.07) is 0.632. The van der Waals surface area contributed by atoms with Crippen molar-refractivity contribution in [1.82, 2.24) is 5.32 Å². The molecule has 2 aliphatic heterocycles. The van der Waals surface area contributed by atoms with Crippen LogP contribution < -0.4 is 5.32 Å². The van der Waals surface area contributed by atoms with Crippen LogP contribution in [0.3, 0.4) is 0 Å². The Hall–Kier alpha value is -0.800. The minimum atomic E-state index is -1.40. The van der Waals surface area contributed by atoms with E-state index in [0.717, 1.165) is 38.1 Å². The van der Waals surface area contributed by atoms with Gasteiger partial charge in [0.1, 0.15) is 24.4 Å². The molecule has 0 aromatic carbocycles. The lowest BCUT2D eigenvalue weighted by atomic mass is 9.51. The molecule has 5 N–H and O–H groups in total. The Balaban J connectivity index is 1.13. The molecule has 40 heavy (non-hydrogen) atoms. The lowest BCUT2D eigenvalue weighted by molar-refractivity contribution is -0.313. The maximum atomic E-state index is 10.5. The van der Waals surface area contributed by atoms with Gasteiger partial charge in [-0.15, -0.1) is 0 Å². The monoisotopic (exact) mass is 559 g/mol. The number of hydrogen-bond donors (Lipinski definition) is 5. The van der Waals surface area contributed by atoms with E-state index in [-0.39, 0.29) is 11.5 Å². The van der Waals surface area contributed by atoms with Crippen LogP contribution in [0.5, 0.6) is 0 Å². The Labute approximate surface area is 240 Å². The van der Waals surface area contributed by atoms with Crippen molar-refractivity contribution < 1.29 is 29.9 Å². The van der Waals surface area contributed by atoms with Crippen LogP contribution in [0.15, 0.2) is 23.3 Å². The van der Waals surface area contributed by atoms with E-state index < -0.39 is 37.3 Å². The first-order chi connectivity index (χ1) is 19.1. The molecule has 4 aliphatic carbocycles. The topological polar surface area (TPSA) is 111 Å². The van der Waals surface area contributed by atoms with Crippen molar-refractivity contribution in [3.8, 4) is 0 Å². The summed E-state index contributed by atoms with van der Waals surface area (Å²) in [5, 5.41) is 44.2. The van der Waals surface area contributed by atoms with Crippen molar-refractivity contribution in [2.45, 2.75) is 128 Å². The first-order valence-corrected chi connectivity index (χ1v) is 16.2. The maximum Gasteiger partial charge on any atom is 0.186 e.